The van der Waals surface area contributed by atoms with Crippen LogP contribution in [0.25, 0.3) is 10.2 Å². The number of para-hydroxylation sites is 1. The molecule has 7 heteroatoms. The summed E-state index contributed by atoms with van der Waals surface area (Å²) >= 11 is 1.33. The van der Waals surface area contributed by atoms with Crippen molar-refractivity contribution in [3.8, 4) is 0 Å². The summed E-state index contributed by atoms with van der Waals surface area (Å²) in [6.45, 7) is 0. The van der Waals surface area contributed by atoms with Gasteiger partial charge in [-0.05, 0) is 31.0 Å². The second-order valence-electron chi connectivity index (χ2n) is 6.87. The molecule has 3 aromatic rings. The third-order valence-corrected chi connectivity index (χ3v) is 6.25. The zero-order chi connectivity index (χ0) is 18.4. The molecule has 136 valence electrons. The summed E-state index contributed by atoms with van der Waals surface area (Å²) in [5.74, 6) is -0.126. The fraction of sp³-hybridized carbons (Fsp3) is 0.250. The Balaban J connectivity index is 1.61. The molecule has 0 radical (unpaired) electrons. The van der Waals surface area contributed by atoms with Crippen molar-refractivity contribution in [1.82, 2.24) is 10.3 Å². The van der Waals surface area contributed by atoms with Gasteiger partial charge in [-0.1, -0.05) is 31.0 Å². The molecule has 2 aromatic heterocycles. The molecule has 1 aliphatic heterocycles. The number of urea groups is 1. The highest BCUT2D eigenvalue weighted by Gasteiger charge is 2.33. The van der Waals surface area contributed by atoms with E-state index >= 15 is 0 Å². The van der Waals surface area contributed by atoms with E-state index in [0.29, 0.717) is 10.6 Å². The Morgan fingerprint density at radius 1 is 1.19 bits per heavy atom. The first-order valence-corrected chi connectivity index (χ1v) is 9.92. The van der Waals surface area contributed by atoms with Gasteiger partial charge in [0.05, 0.1) is 22.4 Å². The van der Waals surface area contributed by atoms with Crippen molar-refractivity contribution < 1.29 is 9.59 Å². The van der Waals surface area contributed by atoms with Crippen LogP contribution in [0.1, 0.15) is 35.4 Å². The molecule has 2 aliphatic rings. The van der Waals surface area contributed by atoms with Gasteiger partial charge in [-0.25, -0.2) is 9.78 Å². The van der Waals surface area contributed by atoms with Crippen molar-refractivity contribution in [2.45, 2.75) is 31.7 Å². The molecule has 0 atom stereocenters. The average molecular weight is 378 g/mol. The Bertz CT molecular complexity index is 1040. The molecular formula is C20H18N4O2S. The minimum atomic E-state index is -0.269. The van der Waals surface area contributed by atoms with E-state index in [0.717, 1.165) is 47.3 Å². The molecule has 1 saturated carbocycles. The van der Waals surface area contributed by atoms with Crippen LogP contribution in [0.15, 0.2) is 42.6 Å². The lowest BCUT2D eigenvalue weighted by Crippen LogP contribution is -2.36. The summed E-state index contributed by atoms with van der Waals surface area (Å²) in [5, 5.41) is 6.86. The zero-order valence-electron chi connectivity index (χ0n) is 14.6. The van der Waals surface area contributed by atoms with Gasteiger partial charge in [0, 0.05) is 12.2 Å². The third kappa shape index (κ3) is 2.66. The smallest absolute Gasteiger partial charge is 0.331 e. The van der Waals surface area contributed by atoms with Gasteiger partial charge in [0.15, 0.2) is 0 Å². The van der Waals surface area contributed by atoms with Gasteiger partial charge in [-0.2, -0.15) is 0 Å². The number of hydrogen-bond donors (Lipinski definition) is 2. The van der Waals surface area contributed by atoms with Gasteiger partial charge in [0.2, 0.25) is 0 Å². The predicted octanol–water partition coefficient (Wildman–Crippen LogP) is 4.65. The van der Waals surface area contributed by atoms with Crippen molar-refractivity contribution in [2.75, 3.05) is 10.2 Å². The van der Waals surface area contributed by atoms with Crippen molar-refractivity contribution in [2.24, 2.45) is 0 Å². The van der Waals surface area contributed by atoms with Crippen LogP contribution in [-0.2, 0) is 0 Å². The standard InChI is InChI=1S/C20H18N4O2S/c25-18(22-12-6-4-5-7-12)17-16-15-14(10-11-21-19(15)27-17)24(20(26)23-16)13-8-2-1-3-9-13/h1-3,8-12H,4-7H2,(H,22,25)(H,23,26). The lowest BCUT2D eigenvalue weighted by Gasteiger charge is -2.28. The third-order valence-electron chi connectivity index (χ3n) is 5.16. The monoisotopic (exact) mass is 378 g/mol. The van der Waals surface area contributed by atoms with Gasteiger partial charge >= 0.3 is 6.03 Å². The number of thiophene rings is 1. The van der Waals surface area contributed by atoms with Gasteiger partial charge in [-0.15, -0.1) is 11.3 Å². The molecule has 27 heavy (non-hydrogen) atoms. The first-order valence-electron chi connectivity index (χ1n) is 9.11. The molecule has 1 aromatic carbocycles. The van der Waals surface area contributed by atoms with Crippen molar-refractivity contribution >= 4 is 50.6 Å². The number of aromatic nitrogens is 1. The quantitative estimate of drug-likeness (QED) is 0.696. The molecule has 6 nitrogen and oxygen atoms in total. The van der Waals surface area contributed by atoms with Crippen LogP contribution in [-0.4, -0.2) is 23.0 Å². The van der Waals surface area contributed by atoms with Crippen molar-refractivity contribution in [3.63, 3.8) is 0 Å². The summed E-state index contributed by atoms with van der Waals surface area (Å²) in [6, 6.07) is 11.2. The lowest BCUT2D eigenvalue weighted by atomic mass is 10.1. The van der Waals surface area contributed by atoms with E-state index in [1.807, 2.05) is 36.4 Å². The Labute approximate surface area is 160 Å². The maximum Gasteiger partial charge on any atom is 0.331 e. The molecule has 3 amide bonds. The molecule has 1 aliphatic carbocycles. The Morgan fingerprint density at radius 2 is 1.96 bits per heavy atom. The van der Waals surface area contributed by atoms with Gasteiger partial charge in [0.25, 0.3) is 5.91 Å². The van der Waals surface area contributed by atoms with Crippen LogP contribution in [0.4, 0.5) is 21.9 Å². The predicted molar refractivity (Wildman–Crippen MR) is 107 cm³/mol. The van der Waals surface area contributed by atoms with Gasteiger partial charge in [-0.3, -0.25) is 9.69 Å². The van der Waals surface area contributed by atoms with Crippen LogP contribution < -0.4 is 15.5 Å². The van der Waals surface area contributed by atoms with E-state index in [1.165, 1.54) is 11.3 Å². The van der Waals surface area contributed by atoms with Gasteiger partial charge < -0.3 is 10.6 Å². The van der Waals surface area contributed by atoms with E-state index in [4.69, 9.17) is 0 Å². The summed E-state index contributed by atoms with van der Waals surface area (Å²) in [6.07, 6.45) is 6.02. The normalized spacial score (nSPS) is 16.6. The minimum Gasteiger partial charge on any atom is -0.349 e. The highest BCUT2D eigenvalue weighted by Crippen LogP contribution is 2.45. The Morgan fingerprint density at radius 3 is 2.74 bits per heavy atom. The fourth-order valence-corrected chi connectivity index (χ4v) is 4.92. The van der Waals surface area contributed by atoms with Crippen LogP contribution in [0.5, 0.6) is 0 Å². The van der Waals surface area contributed by atoms with Gasteiger partial charge in [0.1, 0.15) is 9.71 Å². The highest BCUT2D eigenvalue weighted by molar-refractivity contribution is 7.21. The van der Waals surface area contributed by atoms with E-state index < -0.39 is 0 Å². The molecule has 0 saturated heterocycles. The maximum atomic E-state index is 12.9. The zero-order valence-corrected chi connectivity index (χ0v) is 15.4. The number of pyridine rings is 1. The van der Waals surface area contributed by atoms with E-state index in [9.17, 15) is 9.59 Å². The topological polar surface area (TPSA) is 74.3 Å². The molecule has 0 unspecified atom stereocenters. The Kier molecular flexibility index (Phi) is 3.82. The van der Waals surface area contributed by atoms with Crippen LogP contribution in [0.2, 0.25) is 0 Å². The van der Waals surface area contributed by atoms with E-state index in [-0.39, 0.29) is 18.0 Å². The first kappa shape index (κ1) is 16.3. The van der Waals surface area contributed by atoms with Crippen LogP contribution >= 0.6 is 11.3 Å². The first-order chi connectivity index (χ1) is 13.2. The van der Waals surface area contributed by atoms with E-state index in [2.05, 4.69) is 15.6 Å². The fourth-order valence-electron chi connectivity index (χ4n) is 3.90. The number of benzene rings is 1. The number of amides is 3. The molecule has 1 fully saturated rings. The van der Waals surface area contributed by atoms with Crippen molar-refractivity contribution in [3.05, 3.63) is 47.5 Å². The molecule has 0 bridgehead atoms. The number of rotatable bonds is 3. The molecule has 0 spiro atoms. The molecule has 3 heterocycles. The van der Waals surface area contributed by atoms with Crippen LogP contribution in [0, 0.1) is 0 Å². The second kappa shape index (κ2) is 6.35. The number of nitrogens with one attached hydrogen (secondary N) is 2. The number of carbonyl (C=O) groups excluding carboxylic acids is 2. The average Bonchev–Trinajstić information content (AvgIpc) is 3.31. The lowest BCUT2D eigenvalue weighted by molar-refractivity contribution is 0.0943. The highest BCUT2D eigenvalue weighted by atomic mass is 32.1. The second-order valence-corrected chi connectivity index (χ2v) is 7.87. The number of anilines is 3. The summed E-state index contributed by atoms with van der Waals surface area (Å²) < 4.78 is 0. The molecule has 2 N–H and O–H groups in total. The maximum absolute atomic E-state index is 12.9. The number of nitrogens with zero attached hydrogens (tertiary/aromatic N) is 2. The Hall–Kier alpha value is -2.93. The van der Waals surface area contributed by atoms with E-state index in [1.54, 1.807) is 11.1 Å². The molecular weight excluding hydrogens is 360 g/mol. The van der Waals surface area contributed by atoms with Crippen LogP contribution in [0.3, 0.4) is 0 Å². The minimum absolute atomic E-state index is 0.126. The summed E-state index contributed by atoms with van der Waals surface area (Å²) in [7, 11) is 0. The number of hydrogen-bond acceptors (Lipinski definition) is 4. The summed E-state index contributed by atoms with van der Waals surface area (Å²) in [5.41, 5.74) is 2.10. The largest absolute Gasteiger partial charge is 0.349 e. The SMILES string of the molecule is O=C(NC1CCCC1)c1sc2nccc3c2c1NC(=O)N3c1ccccc1. The van der Waals surface area contributed by atoms with Crippen molar-refractivity contribution in [1.29, 1.82) is 0 Å². The molecule has 5 rings (SSSR count). The number of carbonyl (C=O) groups is 2. The summed E-state index contributed by atoms with van der Waals surface area (Å²) in [4.78, 5) is 33.1.